The van der Waals surface area contributed by atoms with Crippen LogP contribution in [-0.2, 0) is 4.79 Å². The van der Waals surface area contributed by atoms with Crippen LogP contribution in [0.1, 0.15) is 6.42 Å². The van der Waals surface area contributed by atoms with Crippen LogP contribution >= 0.6 is 0 Å². The minimum Gasteiger partial charge on any atom is -0.486 e. The molecule has 0 aromatic heterocycles. The van der Waals surface area contributed by atoms with Crippen LogP contribution in [0, 0.1) is 5.92 Å². The molecule has 0 aliphatic carbocycles. The van der Waals surface area contributed by atoms with Gasteiger partial charge in [-0.25, -0.2) is 0 Å². The first-order valence-electron chi connectivity index (χ1n) is 6.67. The van der Waals surface area contributed by atoms with Gasteiger partial charge in [-0.1, -0.05) is 12.1 Å². The van der Waals surface area contributed by atoms with E-state index in [2.05, 4.69) is 10.6 Å². The second-order valence-corrected chi connectivity index (χ2v) is 5.03. The number of carbonyl (C=O) groups is 1. The zero-order valence-electron chi connectivity index (χ0n) is 10.7. The number of ether oxygens (including phenoxy) is 2. The zero-order valence-corrected chi connectivity index (χ0v) is 10.7. The molecule has 1 saturated heterocycles. The normalized spacial score (nSPS) is 21.6. The molecule has 19 heavy (non-hydrogen) atoms. The highest BCUT2D eigenvalue weighted by atomic mass is 16.6. The van der Waals surface area contributed by atoms with E-state index in [4.69, 9.17) is 9.47 Å². The maximum atomic E-state index is 11.7. The molecule has 0 saturated carbocycles. The smallest absolute Gasteiger partial charge is 0.220 e. The Hall–Kier alpha value is -1.75. The minimum atomic E-state index is -0.113. The monoisotopic (exact) mass is 262 g/mol. The second-order valence-electron chi connectivity index (χ2n) is 5.03. The molecule has 1 unspecified atom stereocenters. The lowest BCUT2D eigenvalue weighted by Crippen LogP contribution is -2.46. The van der Waals surface area contributed by atoms with E-state index in [9.17, 15) is 4.79 Å². The number of hydrogen-bond donors (Lipinski definition) is 2. The van der Waals surface area contributed by atoms with Crippen molar-refractivity contribution >= 4 is 5.91 Å². The van der Waals surface area contributed by atoms with Gasteiger partial charge in [0.25, 0.3) is 0 Å². The third kappa shape index (κ3) is 2.98. The van der Waals surface area contributed by atoms with Crippen LogP contribution < -0.4 is 20.1 Å². The molecule has 3 rings (SSSR count). The predicted octanol–water partition coefficient (Wildman–Crippen LogP) is 0.552. The van der Waals surface area contributed by atoms with Crippen molar-refractivity contribution in [1.29, 1.82) is 0 Å². The van der Waals surface area contributed by atoms with E-state index >= 15 is 0 Å². The summed E-state index contributed by atoms with van der Waals surface area (Å²) in [7, 11) is 0. The molecule has 0 bridgehead atoms. The number of carbonyl (C=O) groups excluding carboxylic acids is 1. The SMILES string of the molecule is O=C(CC1CNC1)NCC1COc2ccccc2O1. The van der Waals surface area contributed by atoms with Gasteiger partial charge in [0.1, 0.15) is 12.7 Å². The summed E-state index contributed by atoms with van der Waals surface area (Å²) in [4.78, 5) is 11.7. The first kappa shape index (κ1) is 12.3. The second kappa shape index (κ2) is 5.48. The van der Waals surface area contributed by atoms with Gasteiger partial charge in [-0.15, -0.1) is 0 Å². The number of para-hydroxylation sites is 2. The molecule has 1 aromatic carbocycles. The van der Waals surface area contributed by atoms with E-state index in [1.165, 1.54) is 0 Å². The molecule has 0 radical (unpaired) electrons. The Morgan fingerprint density at radius 3 is 2.84 bits per heavy atom. The van der Waals surface area contributed by atoms with E-state index in [-0.39, 0.29) is 12.0 Å². The van der Waals surface area contributed by atoms with Crippen LogP contribution in [0.3, 0.4) is 0 Å². The van der Waals surface area contributed by atoms with Crippen LogP contribution in [0.4, 0.5) is 0 Å². The molecule has 2 heterocycles. The molecule has 1 fully saturated rings. The molecule has 0 spiro atoms. The van der Waals surface area contributed by atoms with E-state index in [1.807, 2.05) is 24.3 Å². The minimum absolute atomic E-state index is 0.0916. The molecule has 1 aromatic rings. The number of nitrogens with one attached hydrogen (secondary N) is 2. The molecule has 2 aliphatic heterocycles. The van der Waals surface area contributed by atoms with E-state index in [1.54, 1.807) is 0 Å². The van der Waals surface area contributed by atoms with Gasteiger partial charge in [-0.2, -0.15) is 0 Å². The largest absolute Gasteiger partial charge is 0.486 e. The van der Waals surface area contributed by atoms with Gasteiger partial charge in [0.15, 0.2) is 11.5 Å². The number of hydrogen-bond acceptors (Lipinski definition) is 4. The van der Waals surface area contributed by atoms with Gasteiger partial charge in [-0.3, -0.25) is 4.79 Å². The molecule has 2 N–H and O–H groups in total. The summed E-state index contributed by atoms with van der Waals surface area (Å²) in [6.45, 7) is 2.86. The van der Waals surface area contributed by atoms with Crippen molar-refractivity contribution in [2.24, 2.45) is 5.92 Å². The first-order valence-corrected chi connectivity index (χ1v) is 6.67. The number of rotatable bonds is 4. The maximum Gasteiger partial charge on any atom is 0.220 e. The Morgan fingerprint density at radius 2 is 2.11 bits per heavy atom. The summed E-state index contributed by atoms with van der Waals surface area (Å²) in [6.07, 6.45) is 0.482. The summed E-state index contributed by atoms with van der Waals surface area (Å²) in [5, 5.41) is 6.07. The van der Waals surface area contributed by atoms with Crippen molar-refractivity contribution < 1.29 is 14.3 Å². The highest BCUT2D eigenvalue weighted by Crippen LogP contribution is 2.30. The standard InChI is InChI=1S/C14H18N2O3/c17-14(5-10-6-15-7-10)16-8-11-9-18-12-3-1-2-4-13(12)19-11/h1-4,10-11,15H,5-9H2,(H,16,17). The van der Waals surface area contributed by atoms with Gasteiger partial charge in [0.2, 0.25) is 5.91 Å². The van der Waals surface area contributed by atoms with Crippen molar-refractivity contribution in [3.63, 3.8) is 0 Å². The van der Waals surface area contributed by atoms with Crippen LogP contribution in [0.2, 0.25) is 0 Å². The van der Waals surface area contributed by atoms with E-state index < -0.39 is 0 Å². The Kier molecular flexibility index (Phi) is 3.55. The van der Waals surface area contributed by atoms with Gasteiger partial charge < -0.3 is 20.1 Å². The molecule has 5 heteroatoms. The van der Waals surface area contributed by atoms with Gasteiger partial charge >= 0.3 is 0 Å². The third-order valence-corrected chi connectivity index (χ3v) is 3.43. The summed E-state index contributed by atoms with van der Waals surface area (Å²) in [5.74, 6) is 2.10. The molecule has 1 amide bonds. The Balaban J connectivity index is 1.45. The molecule has 5 nitrogen and oxygen atoms in total. The maximum absolute atomic E-state index is 11.7. The fourth-order valence-electron chi connectivity index (χ4n) is 2.22. The zero-order chi connectivity index (χ0) is 13.1. The van der Waals surface area contributed by atoms with Gasteiger partial charge in [-0.05, 0) is 31.1 Å². The predicted molar refractivity (Wildman–Crippen MR) is 70.3 cm³/mol. The Morgan fingerprint density at radius 1 is 1.32 bits per heavy atom. The van der Waals surface area contributed by atoms with E-state index in [0.29, 0.717) is 25.5 Å². The highest BCUT2D eigenvalue weighted by Gasteiger charge is 2.23. The van der Waals surface area contributed by atoms with Crippen LogP contribution in [0.5, 0.6) is 11.5 Å². The number of fused-ring (bicyclic) bond motifs is 1. The average molecular weight is 262 g/mol. The van der Waals surface area contributed by atoms with Crippen molar-refractivity contribution in [3.8, 4) is 11.5 Å². The Bertz CT molecular complexity index is 460. The summed E-state index contributed by atoms with van der Waals surface area (Å²) >= 11 is 0. The fraction of sp³-hybridized carbons (Fsp3) is 0.500. The lowest BCUT2D eigenvalue weighted by atomic mass is 9.99. The summed E-state index contributed by atoms with van der Waals surface area (Å²) in [5.41, 5.74) is 0. The third-order valence-electron chi connectivity index (χ3n) is 3.43. The van der Waals surface area contributed by atoms with Crippen molar-refractivity contribution in [1.82, 2.24) is 10.6 Å². The highest BCUT2D eigenvalue weighted by molar-refractivity contribution is 5.76. The van der Waals surface area contributed by atoms with Crippen LogP contribution in [0.15, 0.2) is 24.3 Å². The van der Waals surface area contributed by atoms with Gasteiger partial charge in [0, 0.05) is 6.42 Å². The van der Waals surface area contributed by atoms with Crippen molar-refractivity contribution in [2.75, 3.05) is 26.2 Å². The van der Waals surface area contributed by atoms with Crippen molar-refractivity contribution in [3.05, 3.63) is 24.3 Å². The van der Waals surface area contributed by atoms with Crippen LogP contribution in [-0.4, -0.2) is 38.3 Å². The molecular weight excluding hydrogens is 244 g/mol. The quantitative estimate of drug-likeness (QED) is 0.832. The molecule has 2 aliphatic rings. The average Bonchev–Trinajstić information content (AvgIpc) is 2.40. The number of benzene rings is 1. The summed E-state index contributed by atoms with van der Waals surface area (Å²) < 4.78 is 11.4. The van der Waals surface area contributed by atoms with Crippen LogP contribution in [0.25, 0.3) is 0 Å². The lowest BCUT2D eigenvalue weighted by molar-refractivity contribution is -0.122. The fourth-order valence-corrected chi connectivity index (χ4v) is 2.22. The van der Waals surface area contributed by atoms with Crippen molar-refractivity contribution in [2.45, 2.75) is 12.5 Å². The van der Waals surface area contributed by atoms with Gasteiger partial charge in [0.05, 0.1) is 6.54 Å². The first-order chi connectivity index (χ1) is 9.31. The number of amides is 1. The van der Waals surface area contributed by atoms with E-state index in [0.717, 1.165) is 24.6 Å². The molecular formula is C14H18N2O3. The summed E-state index contributed by atoms with van der Waals surface area (Å²) in [6, 6.07) is 7.58. The lowest BCUT2D eigenvalue weighted by Gasteiger charge is -2.28. The topological polar surface area (TPSA) is 59.6 Å². The molecule has 1 atom stereocenters. The molecule has 102 valence electrons. The Labute approximate surface area is 112 Å².